The minimum Gasteiger partial charge on any atom is -0.490 e. The van der Waals surface area contributed by atoms with Gasteiger partial charge in [-0.15, -0.1) is 0 Å². The summed E-state index contributed by atoms with van der Waals surface area (Å²) in [7, 11) is 1.75. The molecule has 2 aromatic rings. The second-order valence-electron chi connectivity index (χ2n) is 8.32. The zero-order valence-corrected chi connectivity index (χ0v) is 18.0. The number of piperidine rings is 1. The van der Waals surface area contributed by atoms with E-state index in [0.717, 1.165) is 32.4 Å². The number of benzene rings is 1. The molecule has 4 rings (SSSR count). The number of likely N-dealkylation sites (tertiary alicyclic amines) is 1. The Balaban J connectivity index is 1.52. The number of nitrogens with zero attached hydrogens (tertiary/aromatic N) is 4. The van der Waals surface area contributed by atoms with Crippen LogP contribution >= 0.6 is 0 Å². The fourth-order valence-corrected chi connectivity index (χ4v) is 4.27. The van der Waals surface area contributed by atoms with E-state index in [2.05, 4.69) is 5.10 Å². The van der Waals surface area contributed by atoms with Crippen molar-refractivity contribution in [2.24, 2.45) is 7.05 Å². The van der Waals surface area contributed by atoms with Crippen molar-refractivity contribution in [3.05, 3.63) is 48.3 Å². The van der Waals surface area contributed by atoms with Gasteiger partial charge < -0.3 is 19.3 Å². The van der Waals surface area contributed by atoms with Crippen LogP contribution in [0, 0.1) is 0 Å². The highest BCUT2D eigenvalue weighted by Gasteiger charge is 2.42. The molecule has 2 aliphatic rings. The molecule has 0 spiro atoms. The molecule has 2 saturated heterocycles. The van der Waals surface area contributed by atoms with Crippen LogP contribution in [-0.2, 0) is 16.6 Å². The van der Waals surface area contributed by atoms with Gasteiger partial charge in [0.25, 0.3) is 5.91 Å². The van der Waals surface area contributed by atoms with Gasteiger partial charge in [0, 0.05) is 32.9 Å². The van der Waals surface area contributed by atoms with E-state index in [1.165, 1.54) is 0 Å². The molecule has 0 N–H and O–H groups in total. The van der Waals surface area contributed by atoms with Crippen molar-refractivity contribution in [3.8, 4) is 5.75 Å². The van der Waals surface area contributed by atoms with E-state index in [1.807, 2.05) is 35.2 Å². The number of morpholine rings is 1. The first-order valence-corrected chi connectivity index (χ1v) is 10.9. The number of amides is 2. The van der Waals surface area contributed by atoms with Gasteiger partial charge in [-0.1, -0.05) is 18.2 Å². The summed E-state index contributed by atoms with van der Waals surface area (Å²) >= 11 is 0. The summed E-state index contributed by atoms with van der Waals surface area (Å²) in [5.41, 5.74) is -0.376. The summed E-state index contributed by atoms with van der Waals surface area (Å²) in [6, 6.07) is 11.2. The minimum atomic E-state index is -0.892. The SMILES string of the molecule is Cn1nccc1C(=O)N1CCO[C@](COc2ccccc2)(CC(=O)N2CCCCC2)C1. The van der Waals surface area contributed by atoms with Gasteiger partial charge in [0.1, 0.15) is 23.7 Å². The average Bonchev–Trinajstić information content (AvgIpc) is 3.24. The van der Waals surface area contributed by atoms with E-state index < -0.39 is 5.60 Å². The molecule has 8 heteroatoms. The fraction of sp³-hybridized carbons (Fsp3) is 0.522. The number of aryl methyl sites for hydroxylation is 1. The molecule has 2 aliphatic heterocycles. The Morgan fingerprint density at radius 2 is 1.84 bits per heavy atom. The Morgan fingerprint density at radius 1 is 1.06 bits per heavy atom. The third kappa shape index (κ3) is 5.07. The third-order valence-corrected chi connectivity index (χ3v) is 6.00. The maximum Gasteiger partial charge on any atom is 0.272 e. The Kier molecular flexibility index (Phi) is 6.56. The first-order valence-electron chi connectivity index (χ1n) is 10.9. The van der Waals surface area contributed by atoms with Crippen LogP contribution in [0.25, 0.3) is 0 Å². The highest BCUT2D eigenvalue weighted by atomic mass is 16.5. The average molecular weight is 427 g/mol. The predicted octanol–water partition coefficient (Wildman–Crippen LogP) is 2.11. The molecule has 2 amide bonds. The summed E-state index contributed by atoms with van der Waals surface area (Å²) in [6.07, 6.45) is 5.03. The molecule has 8 nitrogen and oxygen atoms in total. The van der Waals surface area contributed by atoms with Crippen LogP contribution in [0.5, 0.6) is 5.75 Å². The molecule has 0 bridgehead atoms. The first-order chi connectivity index (χ1) is 15.1. The lowest BCUT2D eigenvalue weighted by atomic mass is 9.96. The molecule has 31 heavy (non-hydrogen) atoms. The maximum absolute atomic E-state index is 13.1. The Bertz CT molecular complexity index is 894. The van der Waals surface area contributed by atoms with E-state index in [0.29, 0.717) is 31.1 Å². The van der Waals surface area contributed by atoms with Crippen molar-refractivity contribution in [1.29, 1.82) is 0 Å². The molecule has 0 unspecified atom stereocenters. The van der Waals surface area contributed by atoms with Crippen LogP contribution in [0.1, 0.15) is 36.2 Å². The summed E-state index contributed by atoms with van der Waals surface area (Å²) in [5, 5.41) is 4.11. The van der Waals surface area contributed by atoms with Gasteiger partial charge in [0.05, 0.1) is 19.6 Å². The number of hydrogen-bond acceptors (Lipinski definition) is 5. The summed E-state index contributed by atoms with van der Waals surface area (Å²) in [6.45, 7) is 2.89. The van der Waals surface area contributed by atoms with Crippen LogP contribution in [0.15, 0.2) is 42.6 Å². The number of para-hydroxylation sites is 1. The predicted molar refractivity (Wildman–Crippen MR) is 115 cm³/mol. The van der Waals surface area contributed by atoms with Gasteiger partial charge in [0.2, 0.25) is 5.91 Å². The second kappa shape index (κ2) is 9.51. The molecule has 1 aromatic heterocycles. The lowest BCUT2D eigenvalue weighted by molar-refractivity contribution is -0.153. The van der Waals surface area contributed by atoms with Gasteiger partial charge in [-0.3, -0.25) is 14.3 Å². The standard InChI is InChI=1S/C23H30N4O4/c1-25-20(10-11-24-25)22(29)27-14-15-31-23(17-27,18-30-19-8-4-2-5-9-19)16-21(28)26-12-6-3-7-13-26/h2,4-5,8-11H,3,6-7,12-18H2,1H3/t23-/m1/s1. The molecular weight excluding hydrogens is 396 g/mol. The van der Waals surface area contributed by atoms with Crippen LogP contribution in [-0.4, -0.2) is 76.4 Å². The first kappa shape index (κ1) is 21.4. The topological polar surface area (TPSA) is 76.9 Å². The number of aromatic nitrogens is 2. The maximum atomic E-state index is 13.1. The number of carbonyl (C=O) groups is 2. The molecule has 0 saturated carbocycles. The lowest BCUT2D eigenvalue weighted by Gasteiger charge is -2.43. The van der Waals surface area contributed by atoms with Crippen molar-refractivity contribution >= 4 is 11.8 Å². The van der Waals surface area contributed by atoms with Crippen molar-refractivity contribution < 1.29 is 19.1 Å². The summed E-state index contributed by atoms with van der Waals surface area (Å²) in [4.78, 5) is 29.9. The molecule has 0 radical (unpaired) electrons. The summed E-state index contributed by atoms with van der Waals surface area (Å²) in [5.74, 6) is 0.662. The second-order valence-corrected chi connectivity index (χ2v) is 8.32. The number of hydrogen-bond donors (Lipinski definition) is 0. The molecule has 0 aliphatic carbocycles. The zero-order valence-electron chi connectivity index (χ0n) is 18.0. The smallest absolute Gasteiger partial charge is 0.272 e. The molecule has 1 atom stereocenters. The molecular formula is C23H30N4O4. The third-order valence-electron chi connectivity index (χ3n) is 6.00. The van der Waals surface area contributed by atoms with Crippen LogP contribution in [0.3, 0.4) is 0 Å². The number of carbonyl (C=O) groups excluding carboxylic acids is 2. The zero-order chi connectivity index (χ0) is 21.7. The van der Waals surface area contributed by atoms with Crippen LogP contribution < -0.4 is 4.74 Å². The van der Waals surface area contributed by atoms with E-state index in [4.69, 9.17) is 9.47 Å². The molecule has 166 valence electrons. The van der Waals surface area contributed by atoms with Gasteiger partial charge >= 0.3 is 0 Å². The summed E-state index contributed by atoms with van der Waals surface area (Å²) < 4.78 is 13.8. The van der Waals surface area contributed by atoms with Gasteiger partial charge in [-0.2, -0.15) is 5.10 Å². The van der Waals surface area contributed by atoms with Crippen molar-refractivity contribution in [2.75, 3.05) is 39.4 Å². The Labute approximate surface area is 182 Å². The van der Waals surface area contributed by atoms with Gasteiger partial charge in [-0.05, 0) is 37.5 Å². The van der Waals surface area contributed by atoms with Gasteiger partial charge in [-0.25, -0.2) is 0 Å². The molecule has 1 aromatic carbocycles. The minimum absolute atomic E-state index is 0.0613. The van der Waals surface area contributed by atoms with Gasteiger partial charge in [0.15, 0.2) is 0 Å². The molecule has 2 fully saturated rings. The van der Waals surface area contributed by atoms with Crippen molar-refractivity contribution in [1.82, 2.24) is 19.6 Å². The Hall–Kier alpha value is -2.87. The van der Waals surface area contributed by atoms with E-state index in [1.54, 1.807) is 28.9 Å². The fourth-order valence-electron chi connectivity index (χ4n) is 4.27. The van der Waals surface area contributed by atoms with E-state index in [9.17, 15) is 9.59 Å². The highest BCUT2D eigenvalue weighted by Crippen LogP contribution is 2.27. The molecule has 3 heterocycles. The van der Waals surface area contributed by atoms with E-state index in [-0.39, 0.29) is 24.8 Å². The monoisotopic (exact) mass is 426 g/mol. The van der Waals surface area contributed by atoms with Crippen LogP contribution in [0.2, 0.25) is 0 Å². The normalized spacial score (nSPS) is 21.7. The highest BCUT2D eigenvalue weighted by molar-refractivity contribution is 5.92. The van der Waals surface area contributed by atoms with Crippen LogP contribution in [0.4, 0.5) is 0 Å². The van der Waals surface area contributed by atoms with Crippen molar-refractivity contribution in [3.63, 3.8) is 0 Å². The number of ether oxygens (including phenoxy) is 2. The quantitative estimate of drug-likeness (QED) is 0.707. The largest absolute Gasteiger partial charge is 0.490 e. The lowest BCUT2D eigenvalue weighted by Crippen LogP contribution is -2.58. The van der Waals surface area contributed by atoms with Crippen molar-refractivity contribution in [2.45, 2.75) is 31.3 Å². The Morgan fingerprint density at radius 3 is 2.55 bits per heavy atom. The number of rotatable bonds is 6. The van der Waals surface area contributed by atoms with E-state index >= 15 is 0 Å².